The van der Waals surface area contributed by atoms with Gasteiger partial charge in [-0.15, -0.1) is 0 Å². The molecule has 0 fully saturated rings. The first-order valence-corrected chi connectivity index (χ1v) is 11.7. The maximum absolute atomic E-state index is 11.4. The van der Waals surface area contributed by atoms with E-state index in [2.05, 4.69) is 10.0 Å². The minimum atomic E-state index is -3.46. The number of aliphatic hydroxyl groups excluding tert-OH is 1. The number of benzene rings is 2. The number of rotatable bonds is 9. The molecule has 30 heavy (non-hydrogen) atoms. The zero-order valence-corrected chi connectivity index (χ0v) is 18.6. The fourth-order valence-corrected chi connectivity index (χ4v) is 3.83. The van der Waals surface area contributed by atoms with Gasteiger partial charge in [-0.2, -0.15) is 0 Å². The summed E-state index contributed by atoms with van der Waals surface area (Å²) in [6, 6.07) is 10.5. The molecule has 0 saturated carbocycles. The average molecular weight is 453 g/mol. The van der Waals surface area contributed by atoms with Crippen LogP contribution in [0.3, 0.4) is 0 Å². The zero-order valence-electron chi connectivity index (χ0n) is 17.0. The number of halogens is 1. The van der Waals surface area contributed by atoms with Crippen molar-refractivity contribution in [3.05, 3.63) is 58.3 Å². The van der Waals surface area contributed by atoms with Crippen LogP contribution in [-0.4, -0.2) is 39.5 Å². The molecule has 0 radical (unpaired) electrons. The molecule has 162 valence electrons. The van der Waals surface area contributed by atoms with Gasteiger partial charge in [-0.3, -0.25) is 4.72 Å². The van der Waals surface area contributed by atoms with Gasteiger partial charge < -0.3 is 19.6 Å². The van der Waals surface area contributed by atoms with Gasteiger partial charge in [0.15, 0.2) is 0 Å². The molecule has 0 amide bonds. The van der Waals surface area contributed by atoms with Crippen molar-refractivity contribution in [1.82, 2.24) is 5.32 Å². The predicted molar refractivity (Wildman–Crippen MR) is 119 cm³/mol. The molecule has 0 spiro atoms. The SMILES string of the molecule is Cc1oc2cc(OCCNCC(O)c3ccc(Cl)c(NS(C)(=O)=O)c3)ccc2c1C. The first-order valence-electron chi connectivity index (χ1n) is 9.42. The standard InChI is InChI=1S/C21H25ClN2O5S/c1-13-14(2)29-21-11-16(5-6-17(13)21)28-9-8-23-12-20(25)15-4-7-18(22)19(10-15)24-30(3,26)27/h4-7,10-11,20,23-25H,8-9,12H2,1-3H3. The molecule has 1 atom stereocenters. The van der Waals surface area contributed by atoms with E-state index in [0.717, 1.165) is 28.5 Å². The number of hydrogen-bond acceptors (Lipinski definition) is 6. The summed E-state index contributed by atoms with van der Waals surface area (Å²) < 4.78 is 36.6. The fraction of sp³-hybridized carbons (Fsp3) is 0.333. The van der Waals surface area contributed by atoms with Gasteiger partial charge in [0.1, 0.15) is 23.7 Å². The number of anilines is 1. The van der Waals surface area contributed by atoms with E-state index in [9.17, 15) is 13.5 Å². The number of furan rings is 1. The maximum atomic E-state index is 11.4. The van der Waals surface area contributed by atoms with Gasteiger partial charge in [-0.1, -0.05) is 17.7 Å². The van der Waals surface area contributed by atoms with E-state index in [-0.39, 0.29) is 17.3 Å². The largest absolute Gasteiger partial charge is 0.492 e. The van der Waals surface area contributed by atoms with Crippen molar-refractivity contribution in [2.24, 2.45) is 0 Å². The van der Waals surface area contributed by atoms with Crippen molar-refractivity contribution in [3.8, 4) is 5.75 Å². The van der Waals surface area contributed by atoms with Crippen molar-refractivity contribution in [3.63, 3.8) is 0 Å². The Kier molecular flexibility index (Phi) is 6.92. The molecule has 0 bridgehead atoms. The molecule has 3 aromatic rings. The van der Waals surface area contributed by atoms with E-state index in [1.54, 1.807) is 12.1 Å². The van der Waals surface area contributed by atoms with Gasteiger partial charge in [0.05, 0.1) is 23.1 Å². The van der Waals surface area contributed by atoms with Crippen LogP contribution in [0.4, 0.5) is 5.69 Å². The lowest BCUT2D eigenvalue weighted by Gasteiger charge is -2.15. The molecule has 1 unspecified atom stereocenters. The Balaban J connectivity index is 1.49. The van der Waals surface area contributed by atoms with Crippen molar-refractivity contribution >= 4 is 38.3 Å². The van der Waals surface area contributed by atoms with E-state index >= 15 is 0 Å². The molecule has 0 aliphatic rings. The average Bonchev–Trinajstić information content (AvgIpc) is 2.95. The van der Waals surface area contributed by atoms with Crippen LogP contribution in [0, 0.1) is 13.8 Å². The normalized spacial score (nSPS) is 12.8. The number of aryl methyl sites for hydroxylation is 2. The summed E-state index contributed by atoms with van der Waals surface area (Å²) in [5.41, 5.74) is 2.71. The lowest BCUT2D eigenvalue weighted by Crippen LogP contribution is -2.26. The van der Waals surface area contributed by atoms with Crippen LogP contribution >= 0.6 is 11.6 Å². The molecule has 3 rings (SSSR count). The van der Waals surface area contributed by atoms with Gasteiger partial charge in [0.2, 0.25) is 10.0 Å². The van der Waals surface area contributed by atoms with E-state index < -0.39 is 16.1 Å². The summed E-state index contributed by atoms with van der Waals surface area (Å²) in [5.74, 6) is 1.61. The van der Waals surface area contributed by atoms with Crippen LogP contribution in [0.25, 0.3) is 11.0 Å². The van der Waals surface area contributed by atoms with Gasteiger partial charge in [0.25, 0.3) is 0 Å². The molecular formula is C21H25ClN2O5S. The van der Waals surface area contributed by atoms with Gasteiger partial charge in [-0.05, 0) is 49.2 Å². The topological polar surface area (TPSA) is 101 Å². The van der Waals surface area contributed by atoms with Crippen LogP contribution in [-0.2, 0) is 10.0 Å². The van der Waals surface area contributed by atoms with Crippen molar-refractivity contribution in [2.75, 3.05) is 30.7 Å². The number of nitrogens with one attached hydrogen (secondary N) is 2. The number of fused-ring (bicyclic) bond motifs is 1. The Labute approximate surface area is 181 Å². The van der Waals surface area contributed by atoms with Crippen molar-refractivity contribution in [1.29, 1.82) is 0 Å². The summed E-state index contributed by atoms with van der Waals surface area (Å²) in [5, 5.41) is 14.8. The molecule has 2 aromatic carbocycles. The molecule has 0 aliphatic carbocycles. The Morgan fingerprint density at radius 2 is 1.97 bits per heavy atom. The molecule has 3 N–H and O–H groups in total. The summed E-state index contributed by atoms with van der Waals surface area (Å²) in [6.45, 7) is 5.18. The molecule has 9 heteroatoms. The third-order valence-corrected chi connectivity index (χ3v) is 5.62. The number of aliphatic hydroxyl groups is 1. The third kappa shape index (κ3) is 5.66. The van der Waals surface area contributed by atoms with Crippen LogP contribution < -0.4 is 14.8 Å². The summed E-state index contributed by atoms with van der Waals surface area (Å²) in [7, 11) is -3.46. The van der Waals surface area contributed by atoms with Crippen LogP contribution in [0.1, 0.15) is 23.0 Å². The molecular weight excluding hydrogens is 428 g/mol. The summed E-state index contributed by atoms with van der Waals surface area (Å²) in [4.78, 5) is 0. The van der Waals surface area contributed by atoms with Crippen LogP contribution in [0.2, 0.25) is 5.02 Å². The van der Waals surface area contributed by atoms with Crippen molar-refractivity contribution in [2.45, 2.75) is 20.0 Å². The Bertz CT molecular complexity index is 1140. The minimum Gasteiger partial charge on any atom is -0.492 e. The molecule has 7 nitrogen and oxygen atoms in total. The Morgan fingerprint density at radius 1 is 1.20 bits per heavy atom. The second kappa shape index (κ2) is 9.26. The Hall–Kier alpha value is -2.26. The first-order chi connectivity index (χ1) is 14.1. The number of hydrogen-bond donors (Lipinski definition) is 3. The maximum Gasteiger partial charge on any atom is 0.229 e. The fourth-order valence-electron chi connectivity index (χ4n) is 3.04. The second-order valence-electron chi connectivity index (χ2n) is 7.12. The lowest BCUT2D eigenvalue weighted by atomic mass is 10.1. The van der Waals surface area contributed by atoms with Gasteiger partial charge >= 0.3 is 0 Å². The zero-order chi connectivity index (χ0) is 21.9. The van der Waals surface area contributed by atoms with Gasteiger partial charge in [-0.25, -0.2) is 8.42 Å². The minimum absolute atomic E-state index is 0.234. The first kappa shape index (κ1) is 22.4. The van der Waals surface area contributed by atoms with Crippen molar-refractivity contribution < 1.29 is 22.7 Å². The van der Waals surface area contributed by atoms with Crippen LogP contribution in [0.5, 0.6) is 5.75 Å². The monoisotopic (exact) mass is 452 g/mol. The number of sulfonamides is 1. The molecule has 0 aliphatic heterocycles. The summed E-state index contributed by atoms with van der Waals surface area (Å²) in [6.07, 6.45) is 0.216. The quantitative estimate of drug-likeness (QED) is 0.427. The van der Waals surface area contributed by atoms with E-state index in [1.807, 2.05) is 32.0 Å². The van der Waals surface area contributed by atoms with E-state index in [1.165, 1.54) is 6.07 Å². The highest BCUT2D eigenvalue weighted by molar-refractivity contribution is 7.92. The molecule has 0 saturated heterocycles. The second-order valence-corrected chi connectivity index (χ2v) is 9.28. The van der Waals surface area contributed by atoms with Gasteiger partial charge in [0, 0.05) is 24.5 Å². The highest BCUT2D eigenvalue weighted by Crippen LogP contribution is 2.28. The number of ether oxygens (including phenoxy) is 1. The highest BCUT2D eigenvalue weighted by Gasteiger charge is 2.12. The summed E-state index contributed by atoms with van der Waals surface area (Å²) >= 11 is 6.01. The van der Waals surface area contributed by atoms with Crippen LogP contribution in [0.15, 0.2) is 40.8 Å². The smallest absolute Gasteiger partial charge is 0.229 e. The lowest BCUT2D eigenvalue weighted by molar-refractivity contribution is 0.172. The highest BCUT2D eigenvalue weighted by atomic mass is 35.5. The third-order valence-electron chi connectivity index (χ3n) is 4.70. The Morgan fingerprint density at radius 3 is 2.70 bits per heavy atom. The molecule has 1 heterocycles. The molecule has 1 aromatic heterocycles. The predicted octanol–water partition coefficient (Wildman–Crippen LogP) is 3.78. The van der Waals surface area contributed by atoms with E-state index in [4.69, 9.17) is 20.8 Å². The van der Waals surface area contributed by atoms with E-state index in [0.29, 0.717) is 24.5 Å².